The Morgan fingerprint density at radius 1 is 1.50 bits per heavy atom. The molecule has 0 aliphatic heterocycles. The molecule has 1 aliphatic carbocycles. The zero-order chi connectivity index (χ0) is 14.7. The van der Waals surface area contributed by atoms with Crippen LogP contribution in [-0.4, -0.2) is 24.3 Å². The predicted octanol–water partition coefficient (Wildman–Crippen LogP) is 3.32. The standard InChI is InChI=1S/C16H21ClO3/c1-10(16(19)20-2)11-6-7-12(14(17)9-11)8-13-4-3-5-15(13)18/h6-7,9-10,13,15,18H,3-5,8H2,1-2H3/t10?,13-,15+/m0/s1. The highest BCUT2D eigenvalue weighted by Gasteiger charge is 2.26. The van der Waals surface area contributed by atoms with Crippen molar-refractivity contribution in [1.29, 1.82) is 0 Å². The van der Waals surface area contributed by atoms with Gasteiger partial charge < -0.3 is 9.84 Å². The number of rotatable bonds is 4. The summed E-state index contributed by atoms with van der Waals surface area (Å²) in [6.07, 6.45) is 3.62. The van der Waals surface area contributed by atoms with Crippen molar-refractivity contribution in [3.8, 4) is 0 Å². The predicted molar refractivity (Wildman–Crippen MR) is 78.9 cm³/mol. The maximum absolute atomic E-state index is 11.5. The fourth-order valence-corrected chi connectivity index (χ4v) is 3.12. The first kappa shape index (κ1) is 15.3. The van der Waals surface area contributed by atoms with E-state index in [2.05, 4.69) is 0 Å². The Labute approximate surface area is 124 Å². The third-order valence-electron chi connectivity index (χ3n) is 4.23. The number of ether oxygens (including phenoxy) is 1. The molecule has 20 heavy (non-hydrogen) atoms. The summed E-state index contributed by atoms with van der Waals surface area (Å²) in [6.45, 7) is 1.80. The van der Waals surface area contributed by atoms with Gasteiger partial charge in [0.2, 0.25) is 0 Å². The highest BCUT2D eigenvalue weighted by atomic mass is 35.5. The van der Waals surface area contributed by atoms with E-state index in [9.17, 15) is 9.90 Å². The molecule has 2 rings (SSSR count). The minimum atomic E-state index is -0.316. The largest absolute Gasteiger partial charge is 0.469 e. The maximum Gasteiger partial charge on any atom is 0.312 e. The van der Waals surface area contributed by atoms with Crippen LogP contribution in [0, 0.1) is 5.92 Å². The second-order valence-corrected chi connectivity index (χ2v) is 5.97. The molecule has 110 valence electrons. The quantitative estimate of drug-likeness (QED) is 0.867. The summed E-state index contributed by atoms with van der Waals surface area (Å²) in [5.74, 6) is -0.278. The van der Waals surface area contributed by atoms with Gasteiger partial charge in [-0.25, -0.2) is 0 Å². The summed E-state index contributed by atoms with van der Waals surface area (Å²) in [6, 6.07) is 5.71. The summed E-state index contributed by atoms with van der Waals surface area (Å²) >= 11 is 6.31. The first-order valence-corrected chi connectivity index (χ1v) is 7.45. The lowest BCUT2D eigenvalue weighted by Gasteiger charge is -2.16. The van der Waals surface area contributed by atoms with Crippen LogP contribution in [-0.2, 0) is 16.0 Å². The van der Waals surface area contributed by atoms with Gasteiger partial charge >= 0.3 is 5.97 Å². The Hall–Kier alpha value is -1.06. The maximum atomic E-state index is 11.5. The number of aliphatic hydroxyl groups is 1. The van der Waals surface area contributed by atoms with Crippen molar-refractivity contribution in [3.05, 3.63) is 34.3 Å². The number of carbonyl (C=O) groups is 1. The molecule has 1 aromatic rings. The molecule has 0 spiro atoms. The minimum Gasteiger partial charge on any atom is -0.469 e. The molecule has 1 aliphatic rings. The van der Waals surface area contributed by atoms with Gasteiger partial charge in [-0.05, 0) is 49.3 Å². The lowest BCUT2D eigenvalue weighted by Crippen LogP contribution is -2.16. The van der Waals surface area contributed by atoms with Crippen molar-refractivity contribution in [2.45, 2.75) is 44.6 Å². The lowest BCUT2D eigenvalue weighted by atomic mass is 9.93. The Bertz CT molecular complexity index is 487. The van der Waals surface area contributed by atoms with E-state index in [1.807, 2.05) is 18.2 Å². The first-order chi connectivity index (χ1) is 9.52. The molecule has 1 fully saturated rings. The molecule has 0 saturated heterocycles. The van der Waals surface area contributed by atoms with Crippen LogP contribution >= 0.6 is 11.6 Å². The fourth-order valence-electron chi connectivity index (χ4n) is 2.85. The van der Waals surface area contributed by atoms with Gasteiger partial charge in [0.25, 0.3) is 0 Å². The molecular weight excluding hydrogens is 276 g/mol. The number of hydrogen-bond donors (Lipinski definition) is 1. The van der Waals surface area contributed by atoms with E-state index in [0.29, 0.717) is 10.9 Å². The molecule has 0 aromatic heterocycles. The van der Waals surface area contributed by atoms with Gasteiger partial charge in [-0.3, -0.25) is 4.79 Å². The monoisotopic (exact) mass is 296 g/mol. The zero-order valence-electron chi connectivity index (χ0n) is 11.9. The van der Waals surface area contributed by atoms with Crippen LogP contribution in [0.5, 0.6) is 0 Å². The van der Waals surface area contributed by atoms with E-state index in [4.69, 9.17) is 16.3 Å². The molecule has 0 bridgehead atoms. The van der Waals surface area contributed by atoms with Gasteiger partial charge in [0.05, 0.1) is 19.1 Å². The molecule has 1 aromatic carbocycles. The number of carbonyl (C=O) groups excluding carboxylic acids is 1. The van der Waals surface area contributed by atoms with Crippen LogP contribution in [0.4, 0.5) is 0 Å². The molecule has 0 radical (unpaired) electrons. The van der Waals surface area contributed by atoms with E-state index in [0.717, 1.165) is 36.8 Å². The van der Waals surface area contributed by atoms with Crippen molar-refractivity contribution in [3.63, 3.8) is 0 Å². The van der Waals surface area contributed by atoms with Crippen molar-refractivity contribution < 1.29 is 14.6 Å². The third-order valence-corrected chi connectivity index (χ3v) is 4.58. The minimum absolute atomic E-state index is 0.209. The van der Waals surface area contributed by atoms with Crippen molar-refractivity contribution >= 4 is 17.6 Å². The summed E-state index contributed by atoms with van der Waals surface area (Å²) in [4.78, 5) is 11.5. The highest BCUT2D eigenvalue weighted by Crippen LogP contribution is 2.32. The molecule has 3 nitrogen and oxygen atoms in total. The van der Waals surface area contributed by atoms with Gasteiger partial charge in [0.1, 0.15) is 0 Å². The van der Waals surface area contributed by atoms with Gasteiger partial charge in [-0.2, -0.15) is 0 Å². The normalized spacial score (nSPS) is 23.6. The van der Waals surface area contributed by atoms with Crippen LogP contribution in [0.3, 0.4) is 0 Å². The molecule has 1 unspecified atom stereocenters. The number of benzene rings is 1. The van der Waals surface area contributed by atoms with Gasteiger partial charge in [0, 0.05) is 5.02 Å². The van der Waals surface area contributed by atoms with Crippen LogP contribution in [0.15, 0.2) is 18.2 Å². The molecule has 0 heterocycles. The van der Waals surface area contributed by atoms with Crippen LogP contribution in [0.1, 0.15) is 43.2 Å². The Kier molecular flexibility index (Phi) is 5.06. The molecule has 0 amide bonds. The molecule has 1 N–H and O–H groups in total. The molecule has 4 heteroatoms. The molecule has 3 atom stereocenters. The van der Waals surface area contributed by atoms with Crippen molar-refractivity contribution in [1.82, 2.24) is 0 Å². The SMILES string of the molecule is COC(=O)C(C)c1ccc(C[C@@H]2CCC[C@H]2O)c(Cl)c1. The van der Waals surface area contributed by atoms with Crippen LogP contribution < -0.4 is 0 Å². The number of methoxy groups -OCH3 is 1. The number of hydrogen-bond acceptors (Lipinski definition) is 3. The van der Waals surface area contributed by atoms with E-state index in [1.54, 1.807) is 6.92 Å². The van der Waals surface area contributed by atoms with E-state index in [-0.39, 0.29) is 18.0 Å². The zero-order valence-corrected chi connectivity index (χ0v) is 12.7. The van der Waals surface area contributed by atoms with Crippen molar-refractivity contribution in [2.24, 2.45) is 5.92 Å². The Balaban J connectivity index is 2.11. The second kappa shape index (κ2) is 6.59. The van der Waals surface area contributed by atoms with E-state index in [1.165, 1.54) is 7.11 Å². The number of halogens is 1. The highest BCUT2D eigenvalue weighted by molar-refractivity contribution is 6.31. The van der Waals surface area contributed by atoms with Crippen LogP contribution in [0.25, 0.3) is 0 Å². The van der Waals surface area contributed by atoms with Crippen molar-refractivity contribution in [2.75, 3.05) is 7.11 Å². The Morgan fingerprint density at radius 3 is 2.80 bits per heavy atom. The lowest BCUT2D eigenvalue weighted by molar-refractivity contribution is -0.141. The van der Waals surface area contributed by atoms with Crippen LogP contribution in [0.2, 0.25) is 5.02 Å². The molecule has 1 saturated carbocycles. The topological polar surface area (TPSA) is 46.5 Å². The summed E-state index contributed by atoms with van der Waals surface area (Å²) in [5.41, 5.74) is 1.90. The molecular formula is C16H21ClO3. The fraction of sp³-hybridized carbons (Fsp3) is 0.562. The number of esters is 1. The summed E-state index contributed by atoms with van der Waals surface area (Å²) in [5, 5.41) is 10.5. The van der Waals surface area contributed by atoms with Gasteiger partial charge in [-0.15, -0.1) is 0 Å². The summed E-state index contributed by atoms with van der Waals surface area (Å²) < 4.78 is 4.74. The first-order valence-electron chi connectivity index (χ1n) is 7.07. The third kappa shape index (κ3) is 3.33. The van der Waals surface area contributed by atoms with Gasteiger partial charge in [-0.1, -0.05) is 30.2 Å². The average Bonchev–Trinajstić information content (AvgIpc) is 2.84. The summed E-state index contributed by atoms with van der Waals surface area (Å²) in [7, 11) is 1.39. The van der Waals surface area contributed by atoms with Gasteiger partial charge in [0.15, 0.2) is 0 Å². The second-order valence-electron chi connectivity index (χ2n) is 5.56. The smallest absolute Gasteiger partial charge is 0.312 e. The van der Waals surface area contributed by atoms with E-state index >= 15 is 0 Å². The Morgan fingerprint density at radius 2 is 2.25 bits per heavy atom. The number of aliphatic hydroxyl groups excluding tert-OH is 1. The van der Waals surface area contributed by atoms with E-state index < -0.39 is 0 Å². The average molecular weight is 297 g/mol.